The van der Waals surface area contributed by atoms with Crippen LogP contribution in [-0.4, -0.2) is 9.97 Å². The van der Waals surface area contributed by atoms with Gasteiger partial charge in [0.25, 0.3) is 0 Å². The van der Waals surface area contributed by atoms with Gasteiger partial charge in [0.2, 0.25) is 0 Å². The van der Waals surface area contributed by atoms with Crippen molar-refractivity contribution in [3.8, 4) is 11.4 Å². The minimum Gasteiger partial charge on any atom is -0.338 e. The predicted molar refractivity (Wildman–Crippen MR) is 86.8 cm³/mol. The Labute approximate surface area is 131 Å². The third-order valence-electron chi connectivity index (χ3n) is 2.94. The van der Waals surface area contributed by atoms with Crippen LogP contribution in [0.15, 0.2) is 36.4 Å². The van der Waals surface area contributed by atoms with E-state index in [1.165, 1.54) is 6.07 Å². The van der Waals surface area contributed by atoms with Crippen LogP contribution in [0.4, 0.5) is 4.39 Å². The van der Waals surface area contributed by atoms with E-state index in [1.807, 2.05) is 30.3 Å². The van der Waals surface area contributed by atoms with Crippen LogP contribution in [0.5, 0.6) is 0 Å². The first kappa shape index (κ1) is 13.1. The highest BCUT2D eigenvalue weighted by Gasteiger charge is 2.11. The predicted octanol–water partition coefficient (Wildman–Crippen LogP) is 4.87. The molecule has 1 aromatic heterocycles. The molecule has 0 saturated heterocycles. The number of aromatic nitrogens is 2. The first-order valence-corrected chi connectivity index (χ1v) is 7.88. The molecule has 0 amide bonds. The van der Waals surface area contributed by atoms with Gasteiger partial charge in [-0.2, -0.15) is 0 Å². The van der Waals surface area contributed by atoms with Gasteiger partial charge in [0, 0.05) is 20.0 Å². The van der Waals surface area contributed by atoms with Gasteiger partial charge in [-0.25, -0.2) is 9.37 Å². The van der Waals surface area contributed by atoms with Gasteiger partial charge in [-0.1, -0.05) is 28.1 Å². The van der Waals surface area contributed by atoms with Crippen molar-refractivity contribution in [3.05, 3.63) is 51.3 Å². The zero-order chi connectivity index (χ0) is 13.4. The van der Waals surface area contributed by atoms with Crippen molar-refractivity contribution in [1.82, 2.24) is 9.97 Å². The molecular weight excluding hydrogens is 422 g/mol. The number of alkyl halides is 1. The third-order valence-corrected chi connectivity index (χ3v) is 4.46. The Kier molecular flexibility index (Phi) is 3.58. The lowest BCUT2D eigenvalue weighted by atomic mass is 10.1. The Morgan fingerprint density at radius 1 is 1.26 bits per heavy atom. The van der Waals surface area contributed by atoms with E-state index in [9.17, 15) is 4.39 Å². The van der Waals surface area contributed by atoms with E-state index in [2.05, 4.69) is 48.5 Å². The van der Waals surface area contributed by atoms with Crippen LogP contribution in [0.3, 0.4) is 0 Å². The van der Waals surface area contributed by atoms with Crippen molar-refractivity contribution < 1.29 is 4.39 Å². The molecule has 2 aromatic carbocycles. The molecule has 0 unspecified atom stereocenters. The maximum atomic E-state index is 14.0. The van der Waals surface area contributed by atoms with Crippen LogP contribution in [0.2, 0.25) is 0 Å². The van der Waals surface area contributed by atoms with Crippen LogP contribution in [0.1, 0.15) is 5.56 Å². The number of rotatable bonds is 2. The molecule has 0 aliphatic rings. The summed E-state index contributed by atoms with van der Waals surface area (Å²) in [4.78, 5) is 7.69. The van der Waals surface area contributed by atoms with Gasteiger partial charge in [0.15, 0.2) is 0 Å². The van der Waals surface area contributed by atoms with Gasteiger partial charge in [-0.05, 0) is 46.9 Å². The lowest BCUT2D eigenvalue weighted by Gasteiger charge is -2.05. The van der Waals surface area contributed by atoms with E-state index in [0.717, 1.165) is 20.2 Å². The molecule has 0 spiro atoms. The smallest absolute Gasteiger partial charge is 0.138 e. The number of benzene rings is 2. The molecule has 3 rings (SSSR count). The van der Waals surface area contributed by atoms with Crippen molar-refractivity contribution in [1.29, 1.82) is 0 Å². The van der Waals surface area contributed by atoms with Crippen molar-refractivity contribution in [2.75, 3.05) is 0 Å². The van der Waals surface area contributed by atoms with Gasteiger partial charge in [0.1, 0.15) is 11.6 Å². The van der Waals surface area contributed by atoms with E-state index >= 15 is 0 Å². The third kappa shape index (κ3) is 2.41. The molecule has 0 saturated carbocycles. The van der Waals surface area contributed by atoms with Gasteiger partial charge in [-0.15, -0.1) is 0 Å². The average Bonchev–Trinajstić information content (AvgIpc) is 2.82. The summed E-state index contributed by atoms with van der Waals surface area (Å²) in [5.41, 5.74) is 3.29. The molecule has 0 fully saturated rings. The number of fused-ring (bicyclic) bond motifs is 1. The second-order valence-corrected chi connectivity index (χ2v) is 5.88. The average molecular weight is 431 g/mol. The first-order chi connectivity index (χ1) is 9.19. The van der Waals surface area contributed by atoms with Crippen molar-refractivity contribution in [2.45, 2.75) is 5.33 Å². The van der Waals surface area contributed by atoms with Crippen LogP contribution >= 0.6 is 38.5 Å². The molecule has 0 aliphatic heterocycles. The topological polar surface area (TPSA) is 28.7 Å². The highest BCUT2D eigenvalue weighted by Crippen LogP contribution is 2.27. The van der Waals surface area contributed by atoms with Crippen LogP contribution in [-0.2, 0) is 5.33 Å². The fourth-order valence-corrected chi connectivity index (χ4v) is 3.83. The quantitative estimate of drug-likeness (QED) is 0.456. The van der Waals surface area contributed by atoms with E-state index in [-0.39, 0.29) is 5.82 Å². The van der Waals surface area contributed by atoms with E-state index < -0.39 is 0 Å². The number of para-hydroxylation sites is 2. The highest BCUT2D eigenvalue weighted by atomic mass is 127. The van der Waals surface area contributed by atoms with Gasteiger partial charge >= 0.3 is 0 Å². The minimum atomic E-state index is -0.209. The molecular formula is C14H9BrFIN2. The van der Waals surface area contributed by atoms with Crippen molar-refractivity contribution in [2.24, 2.45) is 0 Å². The second-order valence-electron chi connectivity index (χ2n) is 4.15. The molecule has 1 heterocycles. The molecule has 0 radical (unpaired) electrons. The summed E-state index contributed by atoms with van der Waals surface area (Å²) in [5, 5.41) is 0.511. The lowest BCUT2D eigenvalue weighted by Crippen LogP contribution is -1.93. The minimum absolute atomic E-state index is 0.209. The Hall–Kier alpha value is -0.950. The Bertz CT molecular complexity index is 698. The largest absolute Gasteiger partial charge is 0.338 e. The Morgan fingerprint density at radius 3 is 2.74 bits per heavy atom. The molecule has 96 valence electrons. The maximum Gasteiger partial charge on any atom is 0.138 e. The molecule has 1 N–H and O–H groups in total. The van der Waals surface area contributed by atoms with Gasteiger partial charge < -0.3 is 4.98 Å². The van der Waals surface area contributed by atoms with Crippen LogP contribution in [0, 0.1) is 9.39 Å². The zero-order valence-corrected chi connectivity index (χ0v) is 13.5. The monoisotopic (exact) mass is 430 g/mol. The number of hydrogen-bond donors (Lipinski definition) is 1. The molecule has 0 atom stereocenters. The number of nitrogens with zero attached hydrogens (tertiary/aromatic N) is 1. The SMILES string of the molecule is Fc1cc(-c2nc3ccccc3[nH]2)cc(I)c1CBr. The zero-order valence-electron chi connectivity index (χ0n) is 9.75. The fourth-order valence-electron chi connectivity index (χ4n) is 1.96. The van der Waals surface area contributed by atoms with Crippen LogP contribution < -0.4 is 0 Å². The fraction of sp³-hybridized carbons (Fsp3) is 0.0714. The number of nitrogens with one attached hydrogen (secondary N) is 1. The number of aromatic amines is 1. The molecule has 3 aromatic rings. The molecule has 5 heteroatoms. The summed E-state index contributed by atoms with van der Waals surface area (Å²) in [7, 11) is 0. The van der Waals surface area contributed by atoms with E-state index in [4.69, 9.17) is 0 Å². The molecule has 0 aliphatic carbocycles. The molecule has 2 nitrogen and oxygen atoms in total. The molecule has 19 heavy (non-hydrogen) atoms. The standard InChI is InChI=1S/C14H9BrFIN2/c15-7-9-10(16)5-8(6-11(9)17)14-18-12-3-1-2-4-13(12)19-14/h1-6H,7H2,(H,18,19). The number of H-pyrrole nitrogens is 1. The van der Waals surface area contributed by atoms with Crippen molar-refractivity contribution in [3.63, 3.8) is 0 Å². The van der Waals surface area contributed by atoms with Gasteiger partial charge in [0.05, 0.1) is 11.0 Å². The normalized spacial score (nSPS) is 11.1. The van der Waals surface area contributed by atoms with Crippen LogP contribution in [0.25, 0.3) is 22.4 Å². The Morgan fingerprint density at radius 2 is 2.05 bits per heavy atom. The summed E-state index contributed by atoms with van der Waals surface area (Å²) >= 11 is 5.45. The summed E-state index contributed by atoms with van der Waals surface area (Å²) < 4.78 is 14.9. The Balaban J connectivity index is 2.16. The second kappa shape index (κ2) is 5.20. The summed E-state index contributed by atoms with van der Waals surface area (Å²) in [6.07, 6.45) is 0. The highest BCUT2D eigenvalue weighted by molar-refractivity contribution is 14.1. The number of imidazole rings is 1. The lowest BCUT2D eigenvalue weighted by molar-refractivity contribution is 0.616. The van der Waals surface area contributed by atoms with E-state index in [1.54, 1.807) is 0 Å². The van der Waals surface area contributed by atoms with E-state index in [0.29, 0.717) is 16.7 Å². The number of halogens is 3. The number of hydrogen-bond acceptors (Lipinski definition) is 1. The summed E-state index contributed by atoms with van der Waals surface area (Å²) in [6.45, 7) is 0. The first-order valence-electron chi connectivity index (χ1n) is 5.68. The summed E-state index contributed by atoms with van der Waals surface area (Å²) in [6, 6.07) is 11.2. The van der Waals surface area contributed by atoms with Crippen molar-refractivity contribution >= 4 is 49.6 Å². The summed E-state index contributed by atoms with van der Waals surface area (Å²) in [5.74, 6) is 0.485. The van der Waals surface area contributed by atoms with Gasteiger partial charge in [-0.3, -0.25) is 0 Å². The molecule has 0 bridgehead atoms. The maximum absolute atomic E-state index is 14.0.